The van der Waals surface area contributed by atoms with E-state index in [1.54, 1.807) is 0 Å². The van der Waals surface area contributed by atoms with E-state index in [9.17, 15) is 14.4 Å². The molecule has 0 aliphatic heterocycles. The van der Waals surface area contributed by atoms with Gasteiger partial charge in [-0.2, -0.15) is 0 Å². The molecule has 1 aromatic rings. The molecule has 1 aliphatic carbocycles. The standard InChI is InChI=1S/C16H17NO3/c18-13-7-4-8-14(19)16(13)15(20)9-10-17-11-12-5-2-1-3-6-12/h1-3,5-6,9-10,16-17H,4,7-8,11H2/b10-9+. The van der Waals surface area contributed by atoms with Gasteiger partial charge in [0, 0.05) is 25.6 Å². The van der Waals surface area contributed by atoms with Crippen molar-refractivity contribution in [2.75, 3.05) is 0 Å². The van der Waals surface area contributed by atoms with Crippen molar-refractivity contribution in [1.82, 2.24) is 5.32 Å². The number of benzene rings is 1. The molecule has 1 fully saturated rings. The van der Waals surface area contributed by atoms with Crippen LogP contribution in [-0.4, -0.2) is 17.3 Å². The van der Waals surface area contributed by atoms with Gasteiger partial charge in [0.1, 0.15) is 5.92 Å². The van der Waals surface area contributed by atoms with E-state index in [-0.39, 0.29) is 11.6 Å². The van der Waals surface area contributed by atoms with E-state index in [2.05, 4.69) is 5.32 Å². The van der Waals surface area contributed by atoms with Crippen molar-refractivity contribution in [1.29, 1.82) is 0 Å². The molecule has 0 atom stereocenters. The van der Waals surface area contributed by atoms with Gasteiger partial charge in [-0.1, -0.05) is 30.3 Å². The largest absolute Gasteiger partial charge is 0.387 e. The van der Waals surface area contributed by atoms with Crippen LogP contribution in [0.3, 0.4) is 0 Å². The molecule has 0 spiro atoms. The van der Waals surface area contributed by atoms with Crippen LogP contribution in [0.15, 0.2) is 42.6 Å². The monoisotopic (exact) mass is 271 g/mol. The average Bonchev–Trinajstić information content (AvgIpc) is 2.44. The first-order valence-corrected chi connectivity index (χ1v) is 6.71. The van der Waals surface area contributed by atoms with Crippen LogP contribution in [0.1, 0.15) is 24.8 Å². The van der Waals surface area contributed by atoms with Gasteiger partial charge in [0.05, 0.1) is 0 Å². The molecule has 4 nitrogen and oxygen atoms in total. The zero-order valence-electron chi connectivity index (χ0n) is 11.2. The number of rotatable bonds is 5. The number of carbonyl (C=O) groups is 3. The van der Waals surface area contributed by atoms with Crippen molar-refractivity contribution in [3.63, 3.8) is 0 Å². The molecular formula is C16H17NO3. The maximum absolute atomic E-state index is 11.9. The lowest BCUT2D eigenvalue weighted by atomic mass is 9.84. The summed E-state index contributed by atoms with van der Waals surface area (Å²) in [4.78, 5) is 35.1. The van der Waals surface area contributed by atoms with Gasteiger partial charge in [0.2, 0.25) is 0 Å². The predicted octanol–water partition coefficient (Wildman–Crippen LogP) is 1.80. The fourth-order valence-electron chi connectivity index (χ4n) is 2.23. The van der Waals surface area contributed by atoms with Gasteiger partial charge in [-0.25, -0.2) is 0 Å². The van der Waals surface area contributed by atoms with Gasteiger partial charge < -0.3 is 5.32 Å². The Bertz CT molecular complexity index is 518. The van der Waals surface area contributed by atoms with Crippen LogP contribution >= 0.6 is 0 Å². The Morgan fingerprint density at radius 1 is 1.15 bits per heavy atom. The molecule has 2 rings (SSSR count). The van der Waals surface area contributed by atoms with Gasteiger partial charge in [0.25, 0.3) is 0 Å². The van der Waals surface area contributed by atoms with E-state index >= 15 is 0 Å². The summed E-state index contributed by atoms with van der Waals surface area (Å²) in [5.41, 5.74) is 1.09. The van der Waals surface area contributed by atoms with Crippen molar-refractivity contribution >= 4 is 17.3 Å². The number of hydrogen-bond donors (Lipinski definition) is 1. The van der Waals surface area contributed by atoms with E-state index in [4.69, 9.17) is 0 Å². The van der Waals surface area contributed by atoms with Crippen LogP contribution in [0.4, 0.5) is 0 Å². The molecule has 1 saturated carbocycles. The summed E-state index contributed by atoms with van der Waals surface area (Å²) in [6.45, 7) is 0.594. The summed E-state index contributed by atoms with van der Waals surface area (Å²) in [6, 6.07) is 9.74. The van der Waals surface area contributed by atoms with Crippen LogP contribution in [0, 0.1) is 5.92 Å². The molecule has 0 radical (unpaired) electrons. The topological polar surface area (TPSA) is 63.2 Å². The minimum atomic E-state index is -1.07. The highest BCUT2D eigenvalue weighted by Gasteiger charge is 2.34. The van der Waals surface area contributed by atoms with E-state index in [1.807, 2.05) is 30.3 Å². The first-order chi connectivity index (χ1) is 9.68. The minimum absolute atomic E-state index is 0.251. The Kier molecular flexibility index (Phi) is 4.82. The lowest BCUT2D eigenvalue weighted by molar-refractivity contribution is -0.140. The summed E-state index contributed by atoms with van der Waals surface area (Å²) in [5.74, 6) is -1.99. The Morgan fingerprint density at radius 3 is 2.45 bits per heavy atom. The highest BCUT2D eigenvalue weighted by atomic mass is 16.2. The van der Waals surface area contributed by atoms with Gasteiger partial charge in [0.15, 0.2) is 17.3 Å². The third-order valence-electron chi connectivity index (χ3n) is 3.29. The molecule has 4 heteroatoms. The summed E-state index contributed by atoms with van der Waals surface area (Å²) < 4.78 is 0. The number of Topliss-reactive ketones (excluding diaryl/α,β-unsaturated/α-hetero) is 2. The lowest BCUT2D eigenvalue weighted by Crippen LogP contribution is -2.34. The minimum Gasteiger partial charge on any atom is -0.387 e. The molecule has 104 valence electrons. The van der Waals surface area contributed by atoms with Crippen LogP contribution in [-0.2, 0) is 20.9 Å². The molecule has 1 N–H and O–H groups in total. The second-order valence-electron chi connectivity index (χ2n) is 4.82. The van der Waals surface area contributed by atoms with Gasteiger partial charge in [-0.05, 0) is 18.1 Å². The maximum atomic E-state index is 11.9. The van der Waals surface area contributed by atoms with Crippen molar-refractivity contribution in [3.05, 3.63) is 48.2 Å². The average molecular weight is 271 g/mol. The number of nitrogens with one attached hydrogen (secondary N) is 1. The highest BCUT2D eigenvalue weighted by Crippen LogP contribution is 2.18. The summed E-state index contributed by atoms with van der Waals surface area (Å²) in [6.07, 6.45) is 4.01. The van der Waals surface area contributed by atoms with E-state index in [1.165, 1.54) is 12.3 Å². The normalized spacial score (nSPS) is 16.6. The zero-order chi connectivity index (χ0) is 14.4. The van der Waals surface area contributed by atoms with E-state index in [0.29, 0.717) is 25.8 Å². The van der Waals surface area contributed by atoms with Crippen molar-refractivity contribution in [2.45, 2.75) is 25.8 Å². The van der Waals surface area contributed by atoms with E-state index in [0.717, 1.165) is 5.56 Å². The van der Waals surface area contributed by atoms with Crippen LogP contribution in [0.2, 0.25) is 0 Å². The smallest absolute Gasteiger partial charge is 0.175 e. The molecule has 1 aliphatic rings. The van der Waals surface area contributed by atoms with E-state index < -0.39 is 11.7 Å². The molecule has 0 saturated heterocycles. The summed E-state index contributed by atoms with van der Waals surface area (Å²) in [5, 5.41) is 2.98. The first-order valence-electron chi connectivity index (χ1n) is 6.71. The Balaban J connectivity index is 1.86. The molecule has 0 amide bonds. The Labute approximate surface area is 117 Å². The second kappa shape index (κ2) is 6.80. The van der Waals surface area contributed by atoms with Gasteiger partial charge in [-0.15, -0.1) is 0 Å². The lowest BCUT2D eigenvalue weighted by Gasteiger charge is -2.16. The fraction of sp³-hybridized carbons (Fsp3) is 0.312. The second-order valence-corrected chi connectivity index (χ2v) is 4.82. The summed E-state index contributed by atoms with van der Waals surface area (Å²) >= 11 is 0. The van der Waals surface area contributed by atoms with Crippen LogP contribution < -0.4 is 5.32 Å². The molecule has 1 aromatic carbocycles. The van der Waals surface area contributed by atoms with Gasteiger partial charge >= 0.3 is 0 Å². The molecule has 20 heavy (non-hydrogen) atoms. The first kappa shape index (κ1) is 14.2. The summed E-state index contributed by atoms with van der Waals surface area (Å²) in [7, 11) is 0. The van der Waals surface area contributed by atoms with Crippen LogP contribution in [0.5, 0.6) is 0 Å². The number of ketones is 3. The molecule has 0 bridgehead atoms. The molecular weight excluding hydrogens is 254 g/mol. The third kappa shape index (κ3) is 3.63. The fourth-order valence-corrected chi connectivity index (χ4v) is 2.23. The zero-order valence-corrected chi connectivity index (χ0v) is 11.2. The molecule has 0 aromatic heterocycles. The van der Waals surface area contributed by atoms with Crippen molar-refractivity contribution in [3.8, 4) is 0 Å². The Hall–Kier alpha value is -2.23. The highest BCUT2D eigenvalue weighted by molar-refractivity contribution is 6.23. The SMILES string of the molecule is O=C(/C=C/NCc1ccccc1)C1C(=O)CCCC1=O. The third-order valence-corrected chi connectivity index (χ3v) is 3.29. The number of hydrogen-bond acceptors (Lipinski definition) is 4. The van der Waals surface area contributed by atoms with Crippen molar-refractivity contribution in [2.24, 2.45) is 5.92 Å². The maximum Gasteiger partial charge on any atom is 0.175 e. The Morgan fingerprint density at radius 2 is 1.80 bits per heavy atom. The van der Waals surface area contributed by atoms with Crippen molar-refractivity contribution < 1.29 is 14.4 Å². The molecule has 0 unspecified atom stereocenters. The quantitative estimate of drug-likeness (QED) is 0.655. The predicted molar refractivity (Wildman–Crippen MR) is 74.8 cm³/mol. The van der Waals surface area contributed by atoms with Gasteiger partial charge in [-0.3, -0.25) is 14.4 Å². The molecule has 0 heterocycles. The number of allylic oxidation sites excluding steroid dienone is 1. The number of carbonyl (C=O) groups excluding carboxylic acids is 3. The van der Waals surface area contributed by atoms with Crippen LogP contribution in [0.25, 0.3) is 0 Å².